The van der Waals surface area contributed by atoms with Gasteiger partial charge in [-0.05, 0) is 70.2 Å². The summed E-state index contributed by atoms with van der Waals surface area (Å²) in [5.74, 6) is 2.97. The van der Waals surface area contributed by atoms with Gasteiger partial charge in [0.05, 0.1) is 23.4 Å². The summed E-state index contributed by atoms with van der Waals surface area (Å²) in [6, 6.07) is 10.2. The summed E-state index contributed by atoms with van der Waals surface area (Å²) in [4.78, 5) is 13.3. The Hall–Kier alpha value is -3.52. The fourth-order valence-corrected chi connectivity index (χ4v) is 5.61. The van der Waals surface area contributed by atoms with E-state index in [0.717, 1.165) is 64.1 Å². The standard InChI is InChI=1S/C28H32N6O2/c1-18-12-24(25(16-29-18)35-17-23-6-10-28(36-23)8-4-5-9-28)21-7-11-34-22(14-21)15-27(33-34)32-26-13-19(2)30-20(3)31-26/h7,11-16,23H,4-6,8-10,17H2,1-3H3,(H,30,31,32,33)/t23-/m0/s1. The molecule has 2 aliphatic rings. The molecule has 4 aromatic rings. The third-order valence-electron chi connectivity index (χ3n) is 7.28. The largest absolute Gasteiger partial charge is 0.489 e. The van der Waals surface area contributed by atoms with Crippen LogP contribution in [0.5, 0.6) is 5.75 Å². The van der Waals surface area contributed by atoms with Crippen LogP contribution in [0, 0.1) is 20.8 Å². The van der Waals surface area contributed by atoms with Gasteiger partial charge in [-0.3, -0.25) is 4.98 Å². The summed E-state index contributed by atoms with van der Waals surface area (Å²) in [5.41, 5.74) is 5.03. The van der Waals surface area contributed by atoms with Gasteiger partial charge in [0.25, 0.3) is 0 Å². The van der Waals surface area contributed by atoms with Crippen molar-refractivity contribution in [3.63, 3.8) is 0 Å². The molecule has 1 atom stereocenters. The van der Waals surface area contributed by atoms with Crippen LogP contribution >= 0.6 is 0 Å². The van der Waals surface area contributed by atoms with Crippen molar-refractivity contribution < 1.29 is 9.47 Å². The maximum Gasteiger partial charge on any atom is 0.154 e. The van der Waals surface area contributed by atoms with E-state index < -0.39 is 0 Å². The zero-order chi connectivity index (χ0) is 24.7. The Balaban J connectivity index is 1.22. The van der Waals surface area contributed by atoms with Gasteiger partial charge < -0.3 is 14.8 Å². The third kappa shape index (κ3) is 4.65. The molecule has 1 aliphatic carbocycles. The van der Waals surface area contributed by atoms with Crippen LogP contribution in [0.1, 0.15) is 55.7 Å². The van der Waals surface area contributed by atoms with Crippen molar-refractivity contribution in [3.8, 4) is 16.9 Å². The van der Waals surface area contributed by atoms with E-state index in [1.807, 2.05) is 49.8 Å². The van der Waals surface area contributed by atoms with Crippen LogP contribution in [-0.2, 0) is 4.74 Å². The molecular formula is C28H32N6O2. The van der Waals surface area contributed by atoms with Crippen molar-refractivity contribution in [2.45, 2.75) is 71.0 Å². The molecule has 0 unspecified atom stereocenters. The first-order valence-electron chi connectivity index (χ1n) is 12.8. The Morgan fingerprint density at radius 1 is 1.03 bits per heavy atom. The average Bonchev–Trinajstić information content (AvgIpc) is 3.57. The van der Waals surface area contributed by atoms with E-state index in [2.05, 4.69) is 43.6 Å². The Kier molecular flexibility index (Phi) is 5.84. The molecule has 4 aromatic heterocycles. The second kappa shape index (κ2) is 9.17. The summed E-state index contributed by atoms with van der Waals surface area (Å²) in [7, 11) is 0. The van der Waals surface area contributed by atoms with Gasteiger partial charge in [0.15, 0.2) is 5.82 Å². The monoisotopic (exact) mass is 484 g/mol. The molecule has 6 rings (SSSR count). The molecular weight excluding hydrogens is 452 g/mol. The van der Waals surface area contributed by atoms with Crippen LogP contribution in [0.15, 0.2) is 42.7 Å². The Morgan fingerprint density at radius 2 is 1.89 bits per heavy atom. The van der Waals surface area contributed by atoms with Gasteiger partial charge in [0.1, 0.15) is 24.0 Å². The highest BCUT2D eigenvalue weighted by atomic mass is 16.6. The first-order valence-corrected chi connectivity index (χ1v) is 12.8. The fourth-order valence-electron chi connectivity index (χ4n) is 5.61. The second-order valence-corrected chi connectivity index (χ2v) is 10.2. The predicted molar refractivity (Wildman–Crippen MR) is 139 cm³/mol. The number of hydrogen-bond acceptors (Lipinski definition) is 7. The Labute approximate surface area is 211 Å². The maximum absolute atomic E-state index is 6.45. The molecule has 8 heteroatoms. The van der Waals surface area contributed by atoms with Crippen molar-refractivity contribution in [1.29, 1.82) is 0 Å². The smallest absolute Gasteiger partial charge is 0.154 e. The lowest BCUT2D eigenvalue weighted by molar-refractivity contribution is -0.0508. The van der Waals surface area contributed by atoms with Crippen LogP contribution in [0.25, 0.3) is 16.6 Å². The van der Waals surface area contributed by atoms with Crippen LogP contribution in [0.2, 0.25) is 0 Å². The highest BCUT2D eigenvalue weighted by molar-refractivity contribution is 5.75. The molecule has 1 saturated carbocycles. The third-order valence-corrected chi connectivity index (χ3v) is 7.28. The van der Waals surface area contributed by atoms with Crippen molar-refractivity contribution in [2.75, 3.05) is 11.9 Å². The lowest BCUT2D eigenvalue weighted by Gasteiger charge is -2.24. The fraction of sp³-hybridized carbons (Fsp3) is 0.429. The minimum absolute atomic E-state index is 0.115. The number of aromatic nitrogens is 5. The second-order valence-electron chi connectivity index (χ2n) is 10.2. The molecule has 0 radical (unpaired) electrons. The summed E-state index contributed by atoms with van der Waals surface area (Å²) >= 11 is 0. The van der Waals surface area contributed by atoms with Gasteiger partial charge in [-0.15, -0.1) is 0 Å². The maximum atomic E-state index is 6.45. The summed E-state index contributed by atoms with van der Waals surface area (Å²) in [6.07, 6.45) is 11.1. The number of nitrogens with zero attached hydrogens (tertiary/aromatic N) is 5. The van der Waals surface area contributed by atoms with E-state index in [1.54, 1.807) is 0 Å². The highest BCUT2D eigenvalue weighted by Crippen LogP contribution is 2.43. The summed E-state index contributed by atoms with van der Waals surface area (Å²) in [5, 5.41) is 7.95. The molecule has 1 aliphatic heterocycles. The number of rotatable bonds is 6. The number of aryl methyl sites for hydroxylation is 3. The topological polar surface area (TPSA) is 86.5 Å². The number of hydrogen-bond donors (Lipinski definition) is 1. The normalized spacial score (nSPS) is 18.8. The SMILES string of the molecule is Cc1cc(-c2ccn3nc(Nc4cc(C)nc(C)n4)cc3c2)c(OC[C@@H]2CCC3(CCCC3)O2)cn1. The number of anilines is 2. The van der Waals surface area contributed by atoms with Crippen molar-refractivity contribution >= 4 is 17.2 Å². The highest BCUT2D eigenvalue weighted by Gasteiger charge is 2.42. The first-order chi connectivity index (χ1) is 17.4. The van der Waals surface area contributed by atoms with Gasteiger partial charge in [-0.2, -0.15) is 5.10 Å². The van der Waals surface area contributed by atoms with Crippen molar-refractivity contribution in [1.82, 2.24) is 24.6 Å². The minimum Gasteiger partial charge on any atom is -0.489 e. The summed E-state index contributed by atoms with van der Waals surface area (Å²) in [6.45, 7) is 6.40. The van der Waals surface area contributed by atoms with Crippen molar-refractivity contribution in [2.24, 2.45) is 0 Å². The van der Waals surface area contributed by atoms with E-state index in [-0.39, 0.29) is 11.7 Å². The lowest BCUT2D eigenvalue weighted by Crippen LogP contribution is -2.27. The molecule has 36 heavy (non-hydrogen) atoms. The van der Waals surface area contributed by atoms with Gasteiger partial charge in [0, 0.05) is 35.3 Å². The number of ether oxygens (including phenoxy) is 2. The lowest BCUT2D eigenvalue weighted by atomic mass is 9.98. The molecule has 5 heterocycles. The predicted octanol–water partition coefficient (Wildman–Crippen LogP) is 5.73. The molecule has 0 aromatic carbocycles. The van der Waals surface area contributed by atoms with Crippen LogP contribution in [-0.4, -0.2) is 42.9 Å². The summed E-state index contributed by atoms with van der Waals surface area (Å²) < 4.78 is 14.6. The molecule has 186 valence electrons. The van der Waals surface area contributed by atoms with Gasteiger partial charge in [0.2, 0.25) is 0 Å². The minimum atomic E-state index is 0.115. The van der Waals surface area contributed by atoms with Gasteiger partial charge in [-0.1, -0.05) is 12.8 Å². The zero-order valence-electron chi connectivity index (χ0n) is 21.1. The van der Waals surface area contributed by atoms with Crippen molar-refractivity contribution in [3.05, 3.63) is 59.9 Å². The number of fused-ring (bicyclic) bond motifs is 1. The first kappa shape index (κ1) is 22.9. The molecule has 0 amide bonds. The van der Waals surface area contributed by atoms with Gasteiger partial charge in [-0.25, -0.2) is 14.5 Å². The van der Waals surface area contributed by atoms with Crippen LogP contribution < -0.4 is 10.1 Å². The van der Waals surface area contributed by atoms with E-state index in [1.165, 1.54) is 25.7 Å². The molecule has 8 nitrogen and oxygen atoms in total. The molecule has 2 fully saturated rings. The van der Waals surface area contributed by atoms with E-state index in [9.17, 15) is 0 Å². The number of nitrogens with one attached hydrogen (secondary N) is 1. The average molecular weight is 485 g/mol. The molecule has 1 saturated heterocycles. The quantitative estimate of drug-likeness (QED) is 0.374. The molecule has 0 bridgehead atoms. The van der Waals surface area contributed by atoms with Gasteiger partial charge >= 0.3 is 0 Å². The Bertz CT molecular complexity index is 1390. The number of pyridine rings is 2. The van der Waals surface area contributed by atoms with Crippen LogP contribution in [0.4, 0.5) is 11.6 Å². The molecule has 1 spiro atoms. The van der Waals surface area contributed by atoms with E-state index in [0.29, 0.717) is 6.61 Å². The molecule has 1 N–H and O–H groups in total. The van der Waals surface area contributed by atoms with E-state index in [4.69, 9.17) is 9.47 Å². The zero-order valence-corrected chi connectivity index (χ0v) is 21.1. The Morgan fingerprint density at radius 3 is 2.72 bits per heavy atom. The van der Waals surface area contributed by atoms with Crippen LogP contribution in [0.3, 0.4) is 0 Å². The van der Waals surface area contributed by atoms with E-state index >= 15 is 0 Å².